The zero-order chi connectivity index (χ0) is 24.6. The van der Waals surface area contributed by atoms with Gasteiger partial charge in [0.2, 0.25) is 0 Å². The van der Waals surface area contributed by atoms with Crippen LogP contribution in [0.15, 0.2) is 47.6 Å². The number of carboxylic acids is 1. The van der Waals surface area contributed by atoms with E-state index in [1.54, 1.807) is 19.2 Å². The first-order valence-electron chi connectivity index (χ1n) is 11.8. The number of hydrazone groups is 1. The molecule has 2 aliphatic heterocycles. The molecule has 2 unspecified atom stereocenters. The van der Waals surface area contributed by atoms with Crippen LogP contribution in [0.2, 0.25) is 0 Å². The Hall–Kier alpha value is -3.04. The summed E-state index contributed by atoms with van der Waals surface area (Å²) >= 11 is 1.94. The number of rotatable bonds is 9. The van der Waals surface area contributed by atoms with Crippen molar-refractivity contribution in [2.45, 2.75) is 25.4 Å². The minimum atomic E-state index is -0.837. The number of nitrogens with zero attached hydrogens (tertiary/aromatic N) is 2. The maximum Gasteiger partial charge on any atom is 0.303 e. The van der Waals surface area contributed by atoms with Gasteiger partial charge in [0.1, 0.15) is 11.9 Å². The third kappa shape index (κ3) is 6.99. The third-order valence-electron chi connectivity index (χ3n) is 6.19. The lowest BCUT2D eigenvalue weighted by Gasteiger charge is -2.33. The van der Waals surface area contributed by atoms with Crippen LogP contribution >= 0.6 is 11.8 Å². The largest absolute Gasteiger partial charge is 0.490 e. The highest BCUT2D eigenvalue weighted by atomic mass is 32.2. The summed E-state index contributed by atoms with van der Waals surface area (Å²) in [6.07, 6.45) is 2.85. The molecule has 0 aliphatic carbocycles. The third-order valence-corrected chi connectivity index (χ3v) is 7.13. The fourth-order valence-electron chi connectivity index (χ4n) is 4.28. The molecule has 8 nitrogen and oxygen atoms in total. The van der Waals surface area contributed by atoms with E-state index in [0.717, 1.165) is 35.7 Å². The van der Waals surface area contributed by atoms with E-state index < -0.39 is 5.97 Å². The van der Waals surface area contributed by atoms with Crippen LogP contribution in [0.1, 0.15) is 34.3 Å². The Morgan fingerprint density at radius 3 is 2.71 bits per heavy atom. The van der Waals surface area contributed by atoms with Gasteiger partial charge in [-0.3, -0.25) is 14.6 Å². The lowest BCUT2D eigenvalue weighted by Crippen LogP contribution is -2.35. The number of amides is 1. The zero-order valence-electron chi connectivity index (χ0n) is 19.8. The number of aliphatic carboxylic acids is 1. The van der Waals surface area contributed by atoms with Crippen LogP contribution in [-0.4, -0.2) is 72.6 Å². The van der Waals surface area contributed by atoms with Gasteiger partial charge in [-0.2, -0.15) is 16.9 Å². The second-order valence-electron chi connectivity index (χ2n) is 8.71. The number of ether oxygens (including phenoxy) is 2. The van der Waals surface area contributed by atoms with Crippen molar-refractivity contribution in [2.75, 3.05) is 43.6 Å². The Balaban J connectivity index is 1.39. The molecule has 2 heterocycles. The fourth-order valence-corrected chi connectivity index (χ4v) is 5.17. The van der Waals surface area contributed by atoms with E-state index in [-0.39, 0.29) is 24.3 Å². The summed E-state index contributed by atoms with van der Waals surface area (Å²) < 4.78 is 11.3. The Morgan fingerprint density at radius 2 is 2.00 bits per heavy atom. The molecule has 2 aliphatic rings. The summed E-state index contributed by atoms with van der Waals surface area (Å²) in [5.41, 5.74) is 3.07. The highest BCUT2D eigenvalue weighted by Crippen LogP contribution is 2.35. The monoisotopic (exact) mass is 497 g/mol. The molecule has 1 amide bonds. The molecule has 2 aromatic rings. The number of carbonyl (C=O) groups excluding carboxylic acids is 1. The van der Waals surface area contributed by atoms with Crippen molar-refractivity contribution in [2.24, 2.45) is 11.0 Å². The first kappa shape index (κ1) is 25.1. The molecule has 0 saturated carbocycles. The van der Waals surface area contributed by atoms with Crippen molar-refractivity contribution in [3.05, 3.63) is 59.2 Å². The average molecular weight is 498 g/mol. The van der Waals surface area contributed by atoms with E-state index >= 15 is 0 Å². The van der Waals surface area contributed by atoms with Crippen molar-refractivity contribution >= 4 is 35.5 Å². The van der Waals surface area contributed by atoms with Crippen LogP contribution in [0, 0.1) is 5.92 Å². The number of benzene rings is 2. The molecule has 186 valence electrons. The maximum atomic E-state index is 12.8. The average Bonchev–Trinajstić information content (AvgIpc) is 2.87. The summed E-state index contributed by atoms with van der Waals surface area (Å²) in [5.74, 6) is 1.70. The normalized spacial score (nSPS) is 19.7. The maximum absolute atomic E-state index is 12.8. The molecule has 0 spiro atoms. The van der Waals surface area contributed by atoms with E-state index in [4.69, 9.17) is 9.47 Å². The summed E-state index contributed by atoms with van der Waals surface area (Å²) in [6, 6.07) is 12.9. The van der Waals surface area contributed by atoms with E-state index in [1.807, 2.05) is 48.3 Å². The molecular weight excluding hydrogens is 466 g/mol. The lowest BCUT2D eigenvalue weighted by molar-refractivity contribution is -0.139. The van der Waals surface area contributed by atoms with Gasteiger partial charge in [-0.1, -0.05) is 18.2 Å². The van der Waals surface area contributed by atoms with Crippen molar-refractivity contribution in [3.8, 4) is 5.75 Å². The van der Waals surface area contributed by atoms with Gasteiger partial charge in [-0.25, -0.2) is 0 Å². The van der Waals surface area contributed by atoms with E-state index in [9.17, 15) is 14.7 Å². The molecule has 2 atom stereocenters. The van der Waals surface area contributed by atoms with Crippen molar-refractivity contribution < 1.29 is 24.2 Å². The molecule has 2 aromatic carbocycles. The van der Waals surface area contributed by atoms with E-state index in [0.29, 0.717) is 36.4 Å². The number of anilines is 1. The number of carbonyl (C=O) groups is 2. The molecule has 1 saturated heterocycles. The Kier molecular flexibility index (Phi) is 8.65. The van der Waals surface area contributed by atoms with Crippen LogP contribution in [0.3, 0.4) is 0 Å². The molecule has 0 bridgehead atoms. The van der Waals surface area contributed by atoms with Gasteiger partial charge >= 0.3 is 5.97 Å². The molecule has 0 aromatic heterocycles. The quantitative estimate of drug-likeness (QED) is 0.509. The molecule has 35 heavy (non-hydrogen) atoms. The number of nitrogens with one attached hydrogen (secondary N) is 1. The van der Waals surface area contributed by atoms with Crippen molar-refractivity contribution in [1.29, 1.82) is 0 Å². The number of thioether (sulfide) groups is 1. The van der Waals surface area contributed by atoms with Crippen LogP contribution in [-0.2, 0) is 16.0 Å². The molecule has 2 N–H and O–H groups in total. The molecule has 1 fully saturated rings. The predicted octanol–water partition coefficient (Wildman–Crippen LogP) is 3.75. The molecule has 0 radical (unpaired) electrons. The molecule has 9 heteroatoms. The number of hydrogen-bond acceptors (Lipinski definition) is 7. The van der Waals surface area contributed by atoms with Gasteiger partial charge in [0.15, 0.2) is 0 Å². The van der Waals surface area contributed by atoms with Crippen LogP contribution in [0.4, 0.5) is 5.69 Å². The minimum absolute atomic E-state index is 0.0457. The Bertz CT molecular complexity index is 1050. The topological polar surface area (TPSA) is 100 Å². The van der Waals surface area contributed by atoms with Crippen molar-refractivity contribution in [1.82, 2.24) is 5.01 Å². The SMILES string of the molecule is COCCC1Oc2cc(NC(=O)c3ccc(C=NN4CCSCC4)cc3)ccc2CC1CC(=O)O. The highest BCUT2D eigenvalue weighted by molar-refractivity contribution is 7.99. The molecular formula is C26H31N3O5S. The standard InChI is InChI=1S/C26H31N3O5S/c1-33-11-8-23-21(15-25(30)31)14-20-6-7-22(16-24(20)34-23)28-26(32)19-4-2-18(3-5-19)17-27-29-9-12-35-13-10-29/h2-7,16-17,21,23H,8-15H2,1H3,(H,28,32)(H,30,31). The summed E-state index contributed by atoms with van der Waals surface area (Å²) in [4.78, 5) is 24.1. The van der Waals surface area contributed by atoms with Gasteiger partial charge in [0.05, 0.1) is 12.6 Å². The fraction of sp³-hybridized carbons (Fsp3) is 0.423. The summed E-state index contributed by atoms with van der Waals surface area (Å²) in [5, 5.41) is 18.8. The number of hydrogen-bond donors (Lipinski definition) is 2. The van der Waals surface area contributed by atoms with Gasteiger partial charge in [0, 0.05) is 68.0 Å². The molecule has 4 rings (SSSR count). The number of carboxylic acid groups (broad SMARTS) is 1. The van der Waals surface area contributed by atoms with Gasteiger partial charge in [-0.15, -0.1) is 0 Å². The summed E-state index contributed by atoms with van der Waals surface area (Å²) in [6.45, 7) is 2.41. The second-order valence-corrected chi connectivity index (χ2v) is 9.93. The smallest absolute Gasteiger partial charge is 0.303 e. The van der Waals surface area contributed by atoms with Crippen molar-refractivity contribution in [3.63, 3.8) is 0 Å². The first-order valence-corrected chi connectivity index (χ1v) is 13.0. The van der Waals surface area contributed by atoms with Gasteiger partial charge < -0.3 is 19.9 Å². The van der Waals surface area contributed by atoms with Crippen LogP contribution < -0.4 is 10.1 Å². The lowest BCUT2D eigenvalue weighted by atomic mass is 9.86. The highest BCUT2D eigenvalue weighted by Gasteiger charge is 2.31. The number of methoxy groups -OCH3 is 1. The first-order chi connectivity index (χ1) is 17.0. The number of fused-ring (bicyclic) bond motifs is 1. The van der Waals surface area contributed by atoms with Gasteiger partial charge in [0.25, 0.3) is 5.91 Å². The Labute approximate surface area is 209 Å². The zero-order valence-corrected chi connectivity index (χ0v) is 20.6. The second kappa shape index (κ2) is 12.1. The minimum Gasteiger partial charge on any atom is -0.490 e. The predicted molar refractivity (Wildman–Crippen MR) is 138 cm³/mol. The van der Waals surface area contributed by atoms with E-state index in [1.165, 1.54) is 0 Å². The van der Waals surface area contributed by atoms with E-state index in [2.05, 4.69) is 15.4 Å². The summed E-state index contributed by atoms with van der Waals surface area (Å²) in [7, 11) is 1.61. The Morgan fingerprint density at radius 1 is 1.23 bits per heavy atom. The van der Waals surface area contributed by atoms with Crippen LogP contribution in [0.25, 0.3) is 0 Å². The van der Waals surface area contributed by atoms with Gasteiger partial charge in [-0.05, 0) is 35.7 Å². The van der Waals surface area contributed by atoms with Crippen LogP contribution in [0.5, 0.6) is 5.75 Å².